The lowest BCUT2D eigenvalue weighted by Crippen LogP contribution is -2.38. The van der Waals surface area contributed by atoms with Crippen LogP contribution in [0.1, 0.15) is 52.5 Å². The van der Waals surface area contributed by atoms with Crippen molar-refractivity contribution < 1.29 is 14.1 Å². The minimum Gasteiger partial charge on any atom is -0.328 e. The Balaban J connectivity index is 1.76. The molecule has 4 aromatic rings. The average Bonchev–Trinajstić information content (AvgIpc) is 3.28. The van der Waals surface area contributed by atoms with Gasteiger partial charge in [0, 0.05) is 19.1 Å². The van der Waals surface area contributed by atoms with Crippen molar-refractivity contribution in [2.24, 2.45) is 5.73 Å². The monoisotopic (exact) mass is 546 g/mol. The molecule has 1 aliphatic rings. The van der Waals surface area contributed by atoms with Crippen LogP contribution in [0, 0.1) is 5.82 Å². The summed E-state index contributed by atoms with van der Waals surface area (Å²) in [5.74, 6) is 0.110. The van der Waals surface area contributed by atoms with E-state index >= 15 is 0 Å². The van der Waals surface area contributed by atoms with Gasteiger partial charge >= 0.3 is 5.69 Å². The van der Waals surface area contributed by atoms with Gasteiger partial charge in [0.2, 0.25) is 0 Å². The molecule has 0 aliphatic heterocycles. The second kappa shape index (κ2) is 11.8. The van der Waals surface area contributed by atoms with E-state index < -0.39 is 11.1 Å². The third-order valence-electron chi connectivity index (χ3n) is 7.49. The van der Waals surface area contributed by atoms with Gasteiger partial charge in [-0.05, 0) is 83.8 Å². The Bertz CT molecular complexity index is 1470. The van der Waals surface area contributed by atoms with Crippen LogP contribution in [0.3, 0.4) is 0 Å². The fourth-order valence-corrected chi connectivity index (χ4v) is 5.81. The lowest BCUT2D eigenvalue weighted by molar-refractivity contribution is 0.0866. The number of H-pyrrole nitrogens is 1. The Morgan fingerprint density at radius 1 is 0.975 bits per heavy atom. The van der Waals surface area contributed by atoms with Gasteiger partial charge in [0.05, 0.1) is 25.3 Å². The van der Waals surface area contributed by atoms with Crippen molar-refractivity contribution in [2.75, 3.05) is 14.2 Å². The molecule has 0 bridgehead atoms. The van der Waals surface area contributed by atoms with Gasteiger partial charge < -0.3 is 15.4 Å². The van der Waals surface area contributed by atoms with Crippen LogP contribution in [-0.2, 0) is 41.0 Å². The second-order valence-electron chi connectivity index (χ2n) is 10.3. The summed E-state index contributed by atoms with van der Waals surface area (Å²) in [5, 5.41) is 4.85. The average molecular weight is 547 g/mol. The van der Waals surface area contributed by atoms with E-state index in [0.717, 1.165) is 46.2 Å². The molecule has 1 heterocycles. The summed E-state index contributed by atoms with van der Waals surface area (Å²) in [6, 6.07) is 18.2. The molecule has 3 aromatic carbocycles. The Kier molecular flexibility index (Phi) is 8.24. The van der Waals surface area contributed by atoms with Crippen LogP contribution in [0.25, 0.3) is 5.69 Å². The first kappa shape index (κ1) is 27.9. The summed E-state index contributed by atoms with van der Waals surface area (Å²) in [6.07, 6.45) is 2.11. The quantitative estimate of drug-likeness (QED) is 0.226. The smallest absolute Gasteiger partial charge is 0.328 e. The summed E-state index contributed by atoms with van der Waals surface area (Å²) in [5.41, 5.74) is 18.2. The predicted molar refractivity (Wildman–Crippen MR) is 150 cm³/mol. The third-order valence-corrected chi connectivity index (χ3v) is 7.49. The Morgan fingerprint density at radius 2 is 1.52 bits per heavy atom. The summed E-state index contributed by atoms with van der Waals surface area (Å²) in [7, 11) is 3.19. The molecular formula is C30H35FN6O3. The maximum absolute atomic E-state index is 13.6. The number of fused-ring (bicyclic) bond motifs is 2. The van der Waals surface area contributed by atoms with Gasteiger partial charge in [-0.1, -0.05) is 36.4 Å². The van der Waals surface area contributed by atoms with Crippen LogP contribution < -0.4 is 22.4 Å². The number of aryl methyl sites for hydroxylation is 2. The fraction of sp³-hybridized carbons (Fsp3) is 0.333. The van der Waals surface area contributed by atoms with E-state index in [1.165, 1.54) is 16.8 Å². The first-order valence-electron chi connectivity index (χ1n) is 13.3. The van der Waals surface area contributed by atoms with Gasteiger partial charge in [0.1, 0.15) is 11.6 Å². The molecule has 10 heteroatoms. The van der Waals surface area contributed by atoms with Gasteiger partial charge in [0.15, 0.2) is 0 Å². The number of rotatable bonds is 10. The number of hydrogen-bond donors (Lipinski definition) is 4. The van der Waals surface area contributed by atoms with Crippen molar-refractivity contribution >= 4 is 0 Å². The van der Waals surface area contributed by atoms with Crippen molar-refractivity contribution in [3.05, 3.63) is 116 Å². The molecule has 0 saturated heterocycles. The minimum atomic E-state index is -0.833. The maximum Gasteiger partial charge on any atom is 0.348 e. The van der Waals surface area contributed by atoms with Crippen LogP contribution >= 0.6 is 0 Å². The van der Waals surface area contributed by atoms with Crippen molar-refractivity contribution in [1.29, 1.82) is 0 Å². The predicted octanol–water partition coefficient (Wildman–Crippen LogP) is 3.17. The number of aromatic amines is 1. The summed E-state index contributed by atoms with van der Waals surface area (Å²) in [6.45, 7) is 3.08. The summed E-state index contributed by atoms with van der Waals surface area (Å²) < 4.78 is 14.9. The van der Waals surface area contributed by atoms with Gasteiger partial charge in [-0.25, -0.2) is 9.18 Å². The molecule has 210 valence electrons. The largest absolute Gasteiger partial charge is 0.348 e. The highest BCUT2D eigenvalue weighted by molar-refractivity contribution is 5.56. The topological polar surface area (TPSA) is 119 Å². The Hall–Kier alpha value is -3.67. The standard InChI is InChI=1S/C30H35FN6O3/c1-19(32)16-30(28-35-29(38)37(36-28)25-10-8-24(31)9-11-25)26-12-4-20(17-33-39-2)14-22(26)6-7-23-15-21(18-34-40-3)5-13-27(23)30/h4-5,8-15,19,33-34H,6-7,16-18,32H2,1-3H3,(H,35,36,38)/t19-/m1/s1. The number of halogens is 1. The molecule has 5 rings (SSSR count). The normalized spacial score (nSPS) is 14.8. The van der Waals surface area contributed by atoms with Gasteiger partial charge in [-0.3, -0.25) is 4.98 Å². The van der Waals surface area contributed by atoms with Crippen molar-refractivity contribution in [1.82, 2.24) is 25.7 Å². The van der Waals surface area contributed by atoms with Crippen LogP contribution in [0.2, 0.25) is 0 Å². The van der Waals surface area contributed by atoms with Crippen molar-refractivity contribution in [2.45, 2.75) is 50.7 Å². The van der Waals surface area contributed by atoms with E-state index in [-0.39, 0.29) is 11.9 Å². The zero-order valence-electron chi connectivity index (χ0n) is 23.0. The molecular weight excluding hydrogens is 511 g/mol. The number of nitrogens with zero attached hydrogens (tertiary/aromatic N) is 2. The molecule has 1 aromatic heterocycles. The van der Waals surface area contributed by atoms with E-state index in [9.17, 15) is 9.18 Å². The fourth-order valence-electron chi connectivity index (χ4n) is 5.81. The van der Waals surface area contributed by atoms with Gasteiger partial charge in [-0.2, -0.15) is 15.6 Å². The first-order chi connectivity index (χ1) is 19.3. The summed E-state index contributed by atoms with van der Waals surface area (Å²) >= 11 is 0. The molecule has 1 atom stereocenters. The molecule has 0 spiro atoms. The van der Waals surface area contributed by atoms with E-state index in [0.29, 0.717) is 31.0 Å². The van der Waals surface area contributed by atoms with Crippen molar-refractivity contribution in [3.8, 4) is 5.69 Å². The molecule has 40 heavy (non-hydrogen) atoms. The van der Waals surface area contributed by atoms with Crippen LogP contribution in [0.15, 0.2) is 65.5 Å². The number of hydroxylamine groups is 2. The second-order valence-corrected chi connectivity index (χ2v) is 10.3. The van der Waals surface area contributed by atoms with Crippen molar-refractivity contribution in [3.63, 3.8) is 0 Å². The maximum atomic E-state index is 13.6. The Labute approximate surface area is 232 Å². The lowest BCUT2D eigenvalue weighted by Gasteiger charge is -2.36. The minimum absolute atomic E-state index is 0.219. The molecule has 0 unspecified atom stereocenters. The lowest BCUT2D eigenvalue weighted by atomic mass is 9.68. The number of nitrogens with two attached hydrogens (primary N) is 1. The number of benzene rings is 3. The van der Waals surface area contributed by atoms with E-state index in [1.54, 1.807) is 26.4 Å². The molecule has 0 fully saturated rings. The van der Waals surface area contributed by atoms with E-state index in [1.807, 2.05) is 6.92 Å². The van der Waals surface area contributed by atoms with E-state index in [4.69, 9.17) is 20.5 Å². The van der Waals surface area contributed by atoms with Gasteiger partial charge in [0.25, 0.3) is 0 Å². The van der Waals surface area contributed by atoms with Gasteiger partial charge in [-0.15, -0.1) is 5.10 Å². The highest BCUT2D eigenvalue weighted by Gasteiger charge is 2.44. The molecule has 0 amide bonds. The summed E-state index contributed by atoms with van der Waals surface area (Å²) in [4.78, 5) is 26.5. The zero-order valence-corrected chi connectivity index (χ0v) is 23.0. The van der Waals surface area contributed by atoms with E-state index in [2.05, 4.69) is 52.3 Å². The molecule has 0 radical (unpaired) electrons. The van der Waals surface area contributed by atoms with Crippen LogP contribution in [0.5, 0.6) is 0 Å². The number of nitrogens with one attached hydrogen (secondary N) is 3. The van der Waals surface area contributed by atoms with Crippen LogP contribution in [0.4, 0.5) is 4.39 Å². The SMILES string of the molecule is CONCc1ccc2c(c1)CCc1cc(CNOC)ccc1C2(C[C@@H](C)N)c1nn(-c2ccc(F)cc2)c(=O)[nH]1. The highest BCUT2D eigenvalue weighted by Crippen LogP contribution is 2.46. The first-order valence-corrected chi connectivity index (χ1v) is 13.3. The molecule has 0 saturated carbocycles. The number of aromatic nitrogens is 3. The third kappa shape index (κ3) is 5.36. The zero-order chi connectivity index (χ0) is 28.3. The highest BCUT2D eigenvalue weighted by atomic mass is 19.1. The molecule has 9 nitrogen and oxygen atoms in total. The Morgan fingerprint density at radius 3 is 2.02 bits per heavy atom. The number of hydrogen-bond acceptors (Lipinski definition) is 7. The molecule has 5 N–H and O–H groups in total. The molecule has 1 aliphatic carbocycles. The van der Waals surface area contributed by atoms with Crippen LogP contribution in [-0.4, -0.2) is 35.0 Å².